The molecule has 2 heterocycles. The van der Waals surface area contributed by atoms with E-state index in [-0.39, 0.29) is 6.61 Å². The van der Waals surface area contributed by atoms with Gasteiger partial charge in [0.15, 0.2) is 0 Å². The Kier molecular flexibility index (Phi) is 7.04. The SMILES string of the molecule is CN1CCN(CCN2CCN(CCOS(C)(=O)=O)CC2)CC1. The average Bonchev–Trinajstić information content (AvgIpc) is 2.47. The van der Waals surface area contributed by atoms with Crippen molar-refractivity contribution >= 4 is 10.1 Å². The molecule has 0 aromatic rings. The summed E-state index contributed by atoms with van der Waals surface area (Å²) in [4.78, 5) is 9.71. The summed E-state index contributed by atoms with van der Waals surface area (Å²) >= 11 is 0. The molecule has 0 atom stereocenters. The van der Waals surface area contributed by atoms with Crippen molar-refractivity contribution in [1.82, 2.24) is 19.6 Å². The number of hydrogen-bond acceptors (Lipinski definition) is 7. The van der Waals surface area contributed by atoms with Gasteiger partial charge in [-0.2, -0.15) is 8.42 Å². The van der Waals surface area contributed by atoms with Crippen LogP contribution in [0.2, 0.25) is 0 Å². The minimum atomic E-state index is -3.31. The maximum atomic E-state index is 10.9. The fraction of sp³-hybridized carbons (Fsp3) is 1.00. The van der Waals surface area contributed by atoms with Crippen LogP contribution in [0.25, 0.3) is 0 Å². The molecule has 2 saturated heterocycles. The van der Waals surface area contributed by atoms with Crippen molar-refractivity contribution in [3.63, 3.8) is 0 Å². The summed E-state index contributed by atoms with van der Waals surface area (Å²) in [7, 11) is -1.12. The van der Waals surface area contributed by atoms with Gasteiger partial charge in [0.2, 0.25) is 0 Å². The van der Waals surface area contributed by atoms with Gasteiger partial charge >= 0.3 is 0 Å². The molecule has 2 aliphatic rings. The first-order valence-electron chi connectivity index (χ1n) is 8.12. The summed E-state index contributed by atoms with van der Waals surface area (Å²) < 4.78 is 26.6. The third kappa shape index (κ3) is 6.89. The molecule has 0 spiro atoms. The van der Waals surface area contributed by atoms with Crippen LogP contribution in [0.5, 0.6) is 0 Å². The molecule has 0 N–H and O–H groups in total. The van der Waals surface area contributed by atoms with Gasteiger partial charge in [-0.1, -0.05) is 0 Å². The predicted octanol–water partition coefficient (Wildman–Crippen LogP) is -1.17. The monoisotopic (exact) mass is 334 g/mol. The summed E-state index contributed by atoms with van der Waals surface area (Å²) in [5, 5.41) is 0. The van der Waals surface area contributed by atoms with Gasteiger partial charge < -0.3 is 4.90 Å². The summed E-state index contributed by atoms with van der Waals surface area (Å²) in [5.74, 6) is 0. The van der Waals surface area contributed by atoms with E-state index in [9.17, 15) is 8.42 Å². The first-order chi connectivity index (χ1) is 10.4. The van der Waals surface area contributed by atoms with E-state index in [0.717, 1.165) is 45.5 Å². The largest absolute Gasteiger partial charge is 0.304 e. The molecule has 0 amide bonds. The van der Waals surface area contributed by atoms with Crippen LogP contribution in [0, 0.1) is 0 Å². The van der Waals surface area contributed by atoms with Gasteiger partial charge in [0, 0.05) is 72.0 Å². The molecule has 2 aliphatic heterocycles. The number of likely N-dealkylation sites (N-methyl/N-ethyl adjacent to an activating group) is 1. The van der Waals surface area contributed by atoms with Crippen molar-refractivity contribution in [1.29, 1.82) is 0 Å². The van der Waals surface area contributed by atoms with Crippen LogP contribution in [0.4, 0.5) is 0 Å². The minimum Gasteiger partial charge on any atom is -0.304 e. The second-order valence-electron chi connectivity index (χ2n) is 6.35. The third-order valence-electron chi connectivity index (χ3n) is 4.50. The summed E-state index contributed by atoms with van der Waals surface area (Å²) in [6, 6.07) is 0. The predicted molar refractivity (Wildman–Crippen MR) is 87.6 cm³/mol. The Morgan fingerprint density at radius 1 is 0.773 bits per heavy atom. The molecule has 0 aromatic heterocycles. The van der Waals surface area contributed by atoms with E-state index in [4.69, 9.17) is 4.18 Å². The molecule has 2 rings (SSSR count). The lowest BCUT2D eigenvalue weighted by atomic mass is 10.3. The van der Waals surface area contributed by atoms with E-state index in [2.05, 4.69) is 26.6 Å². The Labute approximate surface area is 134 Å². The highest BCUT2D eigenvalue weighted by Gasteiger charge is 2.19. The van der Waals surface area contributed by atoms with E-state index < -0.39 is 10.1 Å². The zero-order chi connectivity index (χ0) is 16.0. The highest BCUT2D eigenvalue weighted by Crippen LogP contribution is 2.04. The number of nitrogens with zero attached hydrogens (tertiary/aromatic N) is 4. The molecular formula is C14H30N4O3S. The van der Waals surface area contributed by atoms with Crippen molar-refractivity contribution in [2.75, 3.05) is 91.9 Å². The lowest BCUT2D eigenvalue weighted by Crippen LogP contribution is -2.51. The van der Waals surface area contributed by atoms with Crippen LogP contribution < -0.4 is 0 Å². The van der Waals surface area contributed by atoms with E-state index >= 15 is 0 Å². The third-order valence-corrected chi connectivity index (χ3v) is 5.09. The lowest BCUT2D eigenvalue weighted by molar-refractivity contribution is 0.0949. The summed E-state index contributed by atoms with van der Waals surface area (Å²) in [5.41, 5.74) is 0. The topological polar surface area (TPSA) is 56.3 Å². The molecule has 2 fully saturated rings. The van der Waals surface area contributed by atoms with E-state index in [1.807, 2.05) is 0 Å². The molecule has 130 valence electrons. The molecule has 0 saturated carbocycles. The summed E-state index contributed by atoms with van der Waals surface area (Å²) in [6.07, 6.45) is 1.10. The fourth-order valence-corrected chi connectivity index (χ4v) is 3.29. The molecule has 22 heavy (non-hydrogen) atoms. The molecule has 0 bridgehead atoms. The van der Waals surface area contributed by atoms with Crippen LogP contribution in [0.1, 0.15) is 0 Å². The molecule has 0 radical (unpaired) electrons. The molecule has 0 aliphatic carbocycles. The van der Waals surface area contributed by atoms with E-state index in [1.54, 1.807) is 0 Å². The number of rotatable bonds is 7. The van der Waals surface area contributed by atoms with Crippen molar-refractivity contribution < 1.29 is 12.6 Å². The maximum absolute atomic E-state index is 10.9. The van der Waals surface area contributed by atoms with Gasteiger partial charge in [-0.15, -0.1) is 0 Å². The quantitative estimate of drug-likeness (QED) is 0.544. The van der Waals surface area contributed by atoms with Gasteiger partial charge in [0.1, 0.15) is 0 Å². The van der Waals surface area contributed by atoms with Gasteiger partial charge in [-0.25, -0.2) is 0 Å². The zero-order valence-corrected chi connectivity index (χ0v) is 14.7. The average molecular weight is 334 g/mol. The van der Waals surface area contributed by atoms with Gasteiger partial charge in [-0.3, -0.25) is 18.9 Å². The van der Waals surface area contributed by atoms with Gasteiger partial charge in [0.05, 0.1) is 12.9 Å². The molecule has 7 nitrogen and oxygen atoms in total. The minimum absolute atomic E-state index is 0.264. The maximum Gasteiger partial charge on any atom is 0.264 e. The van der Waals surface area contributed by atoms with E-state index in [1.165, 1.54) is 26.2 Å². The van der Waals surface area contributed by atoms with Gasteiger partial charge in [0.25, 0.3) is 10.1 Å². The number of piperazine rings is 2. The molecule has 8 heteroatoms. The normalized spacial score (nSPS) is 23.9. The highest BCUT2D eigenvalue weighted by atomic mass is 32.2. The van der Waals surface area contributed by atoms with Crippen molar-refractivity contribution in [3.05, 3.63) is 0 Å². The van der Waals surface area contributed by atoms with Crippen molar-refractivity contribution in [2.45, 2.75) is 0 Å². The molecule has 0 aromatic carbocycles. The second-order valence-corrected chi connectivity index (χ2v) is 8.00. The van der Waals surface area contributed by atoms with Crippen LogP contribution in [0.3, 0.4) is 0 Å². The molecule has 0 unspecified atom stereocenters. The first-order valence-corrected chi connectivity index (χ1v) is 9.94. The Morgan fingerprint density at radius 3 is 1.64 bits per heavy atom. The lowest BCUT2D eigenvalue weighted by Gasteiger charge is -2.37. The van der Waals surface area contributed by atoms with Gasteiger partial charge in [-0.05, 0) is 7.05 Å². The second kappa shape index (κ2) is 8.56. The van der Waals surface area contributed by atoms with E-state index in [0.29, 0.717) is 6.54 Å². The zero-order valence-electron chi connectivity index (χ0n) is 13.9. The first kappa shape index (κ1) is 18.1. The van der Waals surface area contributed by atoms with Crippen LogP contribution in [0.15, 0.2) is 0 Å². The molecular weight excluding hydrogens is 304 g/mol. The Morgan fingerprint density at radius 2 is 1.18 bits per heavy atom. The Balaban J connectivity index is 1.55. The van der Waals surface area contributed by atoms with Crippen LogP contribution in [-0.4, -0.2) is 120 Å². The smallest absolute Gasteiger partial charge is 0.264 e. The number of hydrogen-bond donors (Lipinski definition) is 0. The van der Waals surface area contributed by atoms with Crippen LogP contribution in [-0.2, 0) is 14.3 Å². The van der Waals surface area contributed by atoms with Crippen molar-refractivity contribution in [2.24, 2.45) is 0 Å². The van der Waals surface area contributed by atoms with Crippen molar-refractivity contribution in [3.8, 4) is 0 Å². The Hall–Kier alpha value is -0.250. The summed E-state index contributed by atoms with van der Waals surface area (Å²) in [6.45, 7) is 12.1. The fourth-order valence-electron chi connectivity index (χ4n) is 2.91. The van der Waals surface area contributed by atoms with Crippen LogP contribution >= 0.6 is 0 Å². The Bertz CT molecular complexity index is 416. The highest BCUT2D eigenvalue weighted by molar-refractivity contribution is 7.85. The standard InChI is InChI=1S/C14H30N4O3S/c1-15-3-5-16(6-4-15)7-8-17-9-11-18(12-10-17)13-14-21-22(2,19)20/h3-14H2,1-2H3.